The van der Waals surface area contributed by atoms with Crippen LogP contribution in [0.5, 0.6) is 0 Å². The van der Waals surface area contributed by atoms with E-state index in [4.69, 9.17) is 17.4 Å². The maximum Gasteiger partial charge on any atom is 0.239 e. The molecule has 4 N–H and O–H groups in total. The van der Waals surface area contributed by atoms with Crippen molar-refractivity contribution in [2.75, 3.05) is 10.7 Å². The fourth-order valence-electron chi connectivity index (χ4n) is 1.95. The van der Waals surface area contributed by atoms with Gasteiger partial charge in [0, 0.05) is 5.39 Å². The highest BCUT2D eigenvalue weighted by molar-refractivity contribution is 6.33. The lowest BCUT2D eigenvalue weighted by Crippen LogP contribution is -2.11. The number of para-hydroxylation sites is 1. The lowest BCUT2D eigenvalue weighted by Gasteiger charge is -2.11. The summed E-state index contributed by atoms with van der Waals surface area (Å²) in [6.45, 7) is 0. The molecule has 7 heteroatoms. The number of hydrazine groups is 1. The Hall–Kier alpha value is -2.44. The van der Waals surface area contributed by atoms with Gasteiger partial charge in [0.25, 0.3) is 0 Å². The Balaban J connectivity index is 2.10. The number of nitrogens with two attached hydrogens (primary N) is 1. The quantitative estimate of drug-likeness (QED) is 0.510. The lowest BCUT2D eigenvalue weighted by molar-refractivity contribution is 0.628. The van der Waals surface area contributed by atoms with Gasteiger partial charge in [-0.15, -0.1) is 0 Å². The van der Waals surface area contributed by atoms with Crippen LogP contribution in [0.1, 0.15) is 0 Å². The zero-order valence-electron chi connectivity index (χ0n) is 10.8. The van der Waals surface area contributed by atoms with Gasteiger partial charge in [0.2, 0.25) is 5.95 Å². The molecule has 0 bridgehead atoms. The molecular formula is C14H11ClFN5. The molecule has 0 amide bonds. The first-order chi connectivity index (χ1) is 10.2. The summed E-state index contributed by atoms with van der Waals surface area (Å²) in [5.41, 5.74) is 3.68. The van der Waals surface area contributed by atoms with Crippen molar-refractivity contribution in [2.45, 2.75) is 0 Å². The summed E-state index contributed by atoms with van der Waals surface area (Å²) in [6.07, 6.45) is 0. The Morgan fingerprint density at radius 3 is 2.67 bits per heavy atom. The van der Waals surface area contributed by atoms with Gasteiger partial charge in [-0.1, -0.05) is 23.7 Å². The molecule has 1 aromatic heterocycles. The summed E-state index contributed by atoms with van der Waals surface area (Å²) in [7, 11) is 0. The lowest BCUT2D eigenvalue weighted by atomic mass is 10.2. The van der Waals surface area contributed by atoms with Crippen LogP contribution in [0.3, 0.4) is 0 Å². The van der Waals surface area contributed by atoms with E-state index in [0.29, 0.717) is 11.5 Å². The van der Waals surface area contributed by atoms with Crippen molar-refractivity contribution in [3.63, 3.8) is 0 Å². The van der Waals surface area contributed by atoms with Crippen LogP contribution < -0.4 is 16.6 Å². The monoisotopic (exact) mass is 303 g/mol. The van der Waals surface area contributed by atoms with Gasteiger partial charge < -0.3 is 5.32 Å². The fraction of sp³-hybridized carbons (Fsp3) is 0. The summed E-state index contributed by atoms with van der Waals surface area (Å²) in [5.74, 6) is 5.78. The van der Waals surface area contributed by atoms with Crippen LogP contribution in [0.2, 0.25) is 5.02 Å². The van der Waals surface area contributed by atoms with Crippen molar-refractivity contribution < 1.29 is 4.39 Å². The van der Waals surface area contributed by atoms with Gasteiger partial charge >= 0.3 is 0 Å². The number of aromatic nitrogens is 2. The van der Waals surface area contributed by atoms with Crippen molar-refractivity contribution in [1.29, 1.82) is 0 Å². The Morgan fingerprint density at radius 2 is 1.90 bits per heavy atom. The summed E-state index contributed by atoms with van der Waals surface area (Å²) >= 11 is 6.02. The maximum atomic E-state index is 13.1. The highest BCUT2D eigenvalue weighted by Crippen LogP contribution is 2.29. The minimum absolute atomic E-state index is 0.264. The number of fused-ring (bicyclic) bond motifs is 1. The highest BCUT2D eigenvalue weighted by Gasteiger charge is 2.09. The van der Waals surface area contributed by atoms with E-state index >= 15 is 0 Å². The molecule has 0 saturated carbocycles. The van der Waals surface area contributed by atoms with Gasteiger partial charge in [-0.3, -0.25) is 5.43 Å². The van der Waals surface area contributed by atoms with Gasteiger partial charge in [-0.05, 0) is 30.3 Å². The van der Waals surface area contributed by atoms with Crippen molar-refractivity contribution >= 4 is 40.0 Å². The third kappa shape index (κ3) is 2.72. The molecule has 1 heterocycles. The SMILES string of the molecule is NNc1nc(Nc2ccc(F)cc2Cl)c2ccccc2n1. The van der Waals surface area contributed by atoms with Gasteiger partial charge in [0.05, 0.1) is 16.2 Å². The van der Waals surface area contributed by atoms with E-state index in [9.17, 15) is 4.39 Å². The van der Waals surface area contributed by atoms with Crippen LogP contribution in [-0.4, -0.2) is 9.97 Å². The number of anilines is 3. The number of benzene rings is 2. The molecule has 0 saturated heterocycles. The first-order valence-corrected chi connectivity index (χ1v) is 6.50. The first kappa shape index (κ1) is 13.5. The van der Waals surface area contributed by atoms with E-state index < -0.39 is 5.82 Å². The van der Waals surface area contributed by atoms with Gasteiger partial charge in [-0.2, -0.15) is 4.98 Å². The maximum absolute atomic E-state index is 13.1. The predicted molar refractivity (Wildman–Crippen MR) is 82.0 cm³/mol. The Bertz CT molecular complexity index is 808. The van der Waals surface area contributed by atoms with E-state index in [1.54, 1.807) is 6.07 Å². The van der Waals surface area contributed by atoms with Gasteiger partial charge in [0.1, 0.15) is 11.6 Å². The molecule has 0 radical (unpaired) electrons. The summed E-state index contributed by atoms with van der Waals surface area (Å²) < 4.78 is 13.1. The summed E-state index contributed by atoms with van der Waals surface area (Å²) in [5, 5.41) is 4.14. The molecular weight excluding hydrogens is 293 g/mol. The summed E-state index contributed by atoms with van der Waals surface area (Å²) in [4.78, 5) is 8.52. The zero-order chi connectivity index (χ0) is 14.8. The molecule has 106 valence electrons. The number of nitrogens with zero attached hydrogens (tertiary/aromatic N) is 2. The molecule has 21 heavy (non-hydrogen) atoms. The third-order valence-electron chi connectivity index (χ3n) is 2.92. The van der Waals surface area contributed by atoms with Crippen LogP contribution in [0.25, 0.3) is 10.9 Å². The molecule has 0 aliphatic carbocycles. The minimum atomic E-state index is -0.401. The molecule has 0 unspecified atom stereocenters. The number of hydrogen-bond acceptors (Lipinski definition) is 5. The predicted octanol–water partition coefficient (Wildman–Crippen LogP) is 3.45. The average Bonchev–Trinajstić information content (AvgIpc) is 2.49. The van der Waals surface area contributed by atoms with Crippen molar-refractivity contribution in [2.24, 2.45) is 5.84 Å². The van der Waals surface area contributed by atoms with E-state index in [2.05, 4.69) is 20.7 Å². The topological polar surface area (TPSA) is 75.9 Å². The molecule has 0 spiro atoms. The van der Waals surface area contributed by atoms with E-state index in [1.165, 1.54) is 12.1 Å². The smallest absolute Gasteiger partial charge is 0.239 e. The van der Waals surface area contributed by atoms with Gasteiger partial charge in [0.15, 0.2) is 0 Å². The number of nitrogens with one attached hydrogen (secondary N) is 2. The third-order valence-corrected chi connectivity index (χ3v) is 3.23. The standard InChI is InChI=1S/C14H11ClFN5/c15-10-7-8(16)5-6-12(10)18-13-9-3-1-2-4-11(9)19-14(20-13)21-17/h1-7H,17H2,(H2,18,19,20,21). The Kier molecular flexibility index (Phi) is 3.55. The molecule has 2 aromatic carbocycles. The zero-order valence-corrected chi connectivity index (χ0v) is 11.5. The summed E-state index contributed by atoms with van der Waals surface area (Å²) in [6, 6.07) is 11.5. The molecule has 0 fully saturated rings. The minimum Gasteiger partial charge on any atom is -0.338 e. The second-order valence-corrected chi connectivity index (χ2v) is 4.71. The number of nitrogen functional groups attached to an aromatic ring is 1. The highest BCUT2D eigenvalue weighted by atomic mass is 35.5. The normalized spacial score (nSPS) is 10.6. The number of halogens is 2. The molecule has 3 aromatic rings. The first-order valence-electron chi connectivity index (χ1n) is 6.13. The second-order valence-electron chi connectivity index (χ2n) is 4.31. The average molecular weight is 304 g/mol. The Morgan fingerprint density at radius 1 is 1.10 bits per heavy atom. The number of hydrogen-bond donors (Lipinski definition) is 3. The van der Waals surface area contributed by atoms with Crippen molar-refractivity contribution in [1.82, 2.24) is 9.97 Å². The second kappa shape index (κ2) is 5.51. The number of rotatable bonds is 3. The van der Waals surface area contributed by atoms with Crippen LogP contribution in [0.4, 0.5) is 21.8 Å². The van der Waals surface area contributed by atoms with Crippen LogP contribution in [0, 0.1) is 5.82 Å². The van der Waals surface area contributed by atoms with Crippen LogP contribution >= 0.6 is 11.6 Å². The molecule has 0 aliphatic rings. The van der Waals surface area contributed by atoms with E-state index in [1.807, 2.05) is 24.3 Å². The molecule has 0 atom stereocenters. The van der Waals surface area contributed by atoms with Crippen LogP contribution in [-0.2, 0) is 0 Å². The van der Waals surface area contributed by atoms with E-state index in [-0.39, 0.29) is 11.0 Å². The largest absolute Gasteiger partial charge is 0.338 e. The fourth-order valence-corrected chi connectivity index (χ4v) is 2.17. The Labute approximate surface area is 124 Å². The van der Waals surface area contributed by atoms with Gasteiger partial charge in [-0.25, -0.2) is 15.2 Å². The molecule has 0 aliphatic heterocycles. The van der Waals surface area contributed by atoms with Crippen molar-refractivity contribution in [3.8, 4) is 0 Å². The van der Waals surface area contributed by atoms with Crippen molar-refractivity contribution in [3.05, 3.63) is 53.3 Å². The molecule has 3 rings (SSSR count). The van der Waals surface area contributed by atoms with E-state index in [0.717, 1.165) is 10.9 Å². The van der Waals surface area contributed by atoms with Crippen LogP contribution in [0.15, 0.2) is 42.5 Å². The molecule has 5 nitrogen and oxygen atoms in total.